The highest BCUT2D eigenvalue weighted by molar-refractivity contribution is 8.13. The number of hydrogen-bond acceptors (Lipinski definition) is 6. The van der Waals surface area contributed by atoms with E-state index in [9.17, 15) is 18.5 Å². The third-order valence-corrected chi connectivity index (χ3v) is 4.26. The van der Waals surface area contributed by atoms with Crippen molar-refractivity contribution < 1.29 is 22.8 Å². The molecular formula is C12H16ClNO6S. The van der Waals surface area contributed by atoms with Gasteiger partial charge in [0.15, 0.2) is 0 Å². The van der Waals surface area contributed by atoms with Crippen LogP contribution in [0, 0.1) is 10.1 Å². The zero-order chi connectivity index (χ0) is 16.3. The fourth-order valence-corrected chi connectivity index (χ4v) is 2.42. The quantitative estimate of drug-likeness (QED) is 0.431. The lowest BCUT2D eigenvalue weighted by Gasteiger charge is -2.22. The van der Waals surface area contributed by atoms with E-state index in [1.54, 1.807) is 7.11 Å². The van der Waals surface area contributed by atoms with Crippen LogP contribution < -0.4 is 4.74 Å². The Labute approximate surface area is 127 Å². The number of nitro groups is 1. The summed E-state index contributed by atoms with van der Waals surface area (Å²) >= 11 is 0. The Morgan fingerprint density at radius 3 is 2.48 bits per heavy atom. The molecule has 0 unspecified atom stereocenters. The van der Waals surface area contributed by atoms with Gasteiger partial charge < -0.3 is 9.47 Å². The number of rotatable bonds is 7. The van der Waals surface area contributed by atoms with E-state index < -0.39 is 24.5 Å². The molecule has 0 saturated carbocycles. The van der Waals surface area contributed by atoms with Gasteiger partial charge in [0.05, 0.1) is 17.1 Å². The van der Waals surface area contributed by atoms with E-state index in [4.69, 9.17) is 20.2 Å². The van der Waals surface area contributed by atoms with Crippen LogP contribution >= 0.6 is 10.7 Å². The van der Waals surface area contributed by atoms with E-state index in [1.165, 1.54) is 6.07 Å². The summed E-state index contributed by atoms with van der Waals surface area (Å²) in [5, 5.41) is 10.7. The summed E-state index contributed by atoms with van der Waals surface area (Å²) in [6.07, 6.45) is 0.502. The summed E-state index contributed by atoms with van der Waals surface area (Å²) in [7, 11) is 2.69. The van der Waals surface area contributed by atoms with Crippen molar-refractivity contribution >= 4 is 25.4 Å². The number of nitrogens with zero attached hydrogens (tertiary/aromatic N) is 1. The van der Waals surface area contributed by atoms with Crippen LogP contribution in [0.15, 0.2) is 23.1 Å². The maximum atomic E-state index is 11.5. The van der Waals surface area contributed by atoms with Crippen molar-refractivity contribution in [1.82, 2.24) is 0 Å². The average molecular weight is 338 g/mol. The normalized spacial score (nSPS) is 12.2. The largest absolute Gasteiger partial charge is 0.492 e. The molecule has 0 aromatic heterocycles. The van der Waals surface area contributed by atoms with Crippen LogP contribution in [0.4, 0.5) is 5.69 Å². The number of halogens is 1. The Kier molecular flexibility index (Phi) is 5.54. The predicted octanol–water partition coefficient (Wildman–Crippen LogP) is 2.72. The fourth-order valence-electron chi connectivity index (χ4n) is 1.43. The van der Waals surface area contributed by atoms with Crippen LogP contribution in [0.5, 0.6) is 5.75 Å². The van der Waals surface area contributed by atoms with Crippen LogP contribution in [0.3, 0.4) is 0 Å². The van der Waals surface area contributed by atoms with Gasteiger partial charge in [0.25, 0.3) is 14.7 Å². The number of ether oxygens (including phenoxy) is 2. The maximum Gasteiger partial charge on any atom is 0.271 e. The molecule has 0 atom stereocenters. The number of nitro benzene ring substituents is 1. The van der Waals surface area contributed by atoms with Gasteiger partial charge in [-0.3, -0.25) is 10.1 Å². The molecule has 0 amide bonds. The second-order valence-electron chi connectivity index (χ2n) is 4.89. The molecular weight excluding hydrogens is 322 g/mol. The van der Waals surface area contributed by atoms with Gasteiger partial charge >= 0.3 is 0 Å². The lowest BCUT2D eigenvalue weighted by molar-refractivity contribution is -0.385. The SMILES string of the molecule is COC(C)(C)CCOc1ccc([N+](=O)[O-])cc1S(=O)(=O)Cl. The minimum atomic E-state index is -4.15. The van der Waals surface area contributed by atoms with Gasteiger partial charge in [0, 0.05) is 36.3 Å². The molecule has 0 fully saturated rings. The zero-order valence-corrected chi connectivity index (χ0v) is 13.4. The van der Waals surface area contributed by atoms with Gasteiger partial charge in [0.1, 0.15) is 10.6 Å². The summed E-state index contributed by atoms with van der Waals surface area (Å²) in [6.45, 7) is 3.88. The summed E-state index contributed by atoms with van der Waals surface area (Å²) in [5.74, 6) is -0.0255. The van der Waals surface area contributed by atoms with Crippen molar-refractivity contribution in [2.24, 2.45) is 0 Å². The second-order valence-corrected chi connectivity index (χ2v) is 7.42. The Morgan fingerprint density at radius 2 is 2.00 bits per heavy atom. The second kappa shape index (κ2) is 6.59. The molecule has 0 radical (unpaired) electrons. The molecule has 0 heterocycles. The lowest BCUT2D eigenvalue weighted by atomic mass is 10.1. The Morgan fingerprint density at radius 1 is 1.38 bits per heavy atom. The van der Waals surface area contributed by atoms with Crippen molar-refractivity contribution in [1.29, 1.82) is 0 Å². The number of hydrogen-bond donors (Lipinski definition) is 0. The Hall–Kier alpha value is -1.38. The first-order valence-corrected chi connectivity index (χ1v) is 8.29. The van der Waals surface area contributed by atoms with Crippen LogP contribution in [0.1, 0.15) is 20.3 Å². The van der Waals surface area contributed by atoms with Crippen LogP contribution in [0.25, 0.3) is 0 Å². The zero-order valence-electron chi connectivity index (χ0n) is 11.8. The van der Waals surface area contributed by atoms with Gasteiger partial charge in [0.2, 0.25) is 0 Å². The first-order valence-electron chi connectivity index (χ1n) is 5.98. The van der Waals surface area contributed by atoms with Gasteiger partial charge in [-0.15, -0.1) is 0 Å². The van der Waals surface area contributed by atoms with Gasteiger partial charge in [-0.2, -0.15) is 0 Å². The molecule has 21 heavy (non-hydrogen) atoms. The molecule has 1 aromatic rings. The summed E-state index contributed by atoms with van der Waals surface area (Å²) in [4.78, 5) is 9.56. The molecule has 0 aliphatic carbocycles. The van der Waals surface area contributed by atoms with Crippen molar-refractivity contribution in [2.75, 3.05) is 13.7 Å². The highest BCUT2D eigenvalue weighted by Gasteiger charge is 2.22. The Bertz CT molecular complexity index is 629. The van der Waals surface area contributed by atoms with Crippen molar-refractivity contribution in [3.63, 3.8) is 0 Å². The minimum Gasteiger partial charge on any atom is -0.492 e. The standard InChI is InChI=1S/C12H16ClNO6S/c1-12(2,19-3)6-7-20-10-5-4-9(14(15)16)8-11(10)21(13,17)18/h4-5,8H,6-7H2,1-3H3. The van der Waals surface area contributed by atoms with Gasteiger partial charge in [-0.05, 0) is 19.9 Å². The Balaban J connectivity index is 3.00. The highest BCUT2D eigenvalue weighted by atomic mass is 35.7. The number of benzene rings is 1. The van der Waals surface area contributed by atoms with Crippen molar-refractivity contribution in [3.8, 4) is 5.75 Å². The van der Waals surface area contributed by atoms with E-state index in [-0.39, 0.29) is 18.0 Å². The third kappa shape index (κ3) is 5.14. The van der Waals surface area contributed by atoms with Crippen LogP contribution in [-0.4, -0.2) is 32.7 Å². The van der Waals surface area contributed by atoms with E-state index in [2.05, 4.69) is 0 Å². The molecule has 0 aliphatic heterocycles. The smallest absolute Gasteiger partial charge is 0.271 e. The molecule has 0 N–H and O–H groups in total. The minimum absolute atomic E-state index is 0.0255. The lowest BCUT2D eigenvalue weighted by Crippen LogP contribution is -2.25. The van der Waals surface area contributed by atoms with Crippen molar-refractivity contribution in [3.05, 3.63) is 28.3 Å². The van der Waals surface area contributed by atoms with Gasteiger partial charge in [-0.1, -0.05) is 0 Å². The van der Waals surface area contributed by atoms with E-state index >= 15 is 0 Å². The van der Waals surface area contributed by atoms with E-state index in [0.29, 0.717) is 6.42 Å². The molecule has 7 nitrogen and oxygen atoms in total. The van der Waals surface area contributed by atoms with Crippen LogP contribution in [0.2, 0.25) is 0 Å². The highest BCUT2D eigenvalue weighted by Crippen LogP contribution is 2.31. The summed E-state index contributed by atoms with van der Waals surface area (Å²) in [6, 6.07) is 3.24. The van der Waals surface area contributed by atoms with Crippen LogP contribution in [-0.2, 0) is 13.8 Å². The third-order valence-electron chi connectivity index (χ3n) is 2.92. The molecule has 1 aromatic carbocycles. The van der Waals surface area contributed by atoms with Crippen molar-refractivity contribution in [2.45, 2.75) is 30.8 Å². The molecule has 0 spiro atoms. The number of methoxy groups -OCH3 is 1. The fraction of sp³-hybridized carbons (Fsp3) is 0.500. The first-order chi connectivity index (χ1) is 9.57. The summed E-state index contributed by atoms with van der Waals surface area (Å²) < 4.78 is 33.5. The maximum absolute atomic E-state index is 11.5. The molecule has 118 valence electrons. The average Bonchev–Trinajstić information content (AvgIpc) is 2.37. The topological polar surface area (TPSA) is 95.7 Å². The molecule has 1 rings (SSSR count). The molecule has 0 saturated heterocycles. The predicted molar refractivity (Wildman–Crippen MR) is 77.3 cm³/mol. The molecule has 0 aliphatic rings. The monoisotopic (exact) mass is 337 g/mol. The van der Waals surface area contributed by atoms with E-state index in [0.717, 1.165) is 12.1 Å². The molecule has 0 bridgehead atoms. The first kappa shape index (κ1) is 17.7. The number of non-ortho nitro benzene ring substituents is 1. The van der Waals surface area contributed by atoms with E-state index in [1.807, 2.05) is 13.8 Å². The molecule has 9 heteroatoms. The van der Waals surface area contributed by atoms with Gasteiger partial charge in [-0.25, -0.2) is 8.42 Å². The summed E-state index contributed by atoms with van der Waals surface area (Å²) in [5.41, 5.74) is -0.806.